The van der Waals surface area contributed by atoms with E-state index in [4.69, 9.17) is 4.74 Å². The van der Waals surface area contributed by atoms with Gasteiger partial charge in [-0.05, 0) is 49.9 Å². The normalized spacial score (nSPS) is 39.0. The van der Waals surface area contributed by atoms with Crippen molar-refractivity contribution in [2.24, 2.45) is 22.7 Å². The molecular weight excluding hydrogens is 278 g/mol. The molecule has 0 aromatic rings. The Bertz CT molecular complexity index is 453. The minimum Gasteiger partial charge on any atom is -0.484 e. The number of amides is 1. The molecule has 3 aliphatic rings. The lowest BCUT2D eigenvalue weighted by Gasteiger charge is -2.39. The molecular formula is C17H29N3O2. The molecule has 0 radical (unpaired) electrons. The molecule has 124 valence electrons. The maximum atomic E-state index is 12.5. The Labute approximate surface area is 133 Å². The van der Waals surface area contributed by atoms with Gasteiger partial charge < -0.3 is 10.1 Å². The number of carbonyl (C=O) groups is 1. The van der Waals surface area contributed by atoms with E-state index in [1.807, 2.05) is 0 Å². The summed E-state index contributed by atoms with van der Waals surface area (Å²) in [4.78, 5) is 16.9. The van der Waals surface area contributed by atoms with E-state index in [0.717, 1.165) is 50.0 Å². The molecule has 1 spiro atoms. The van der Waals surface area contributed by atoms with Crippen LogP contribution in [0.4, 0.5) is 0 Å². The third-order valence-electron chi connectivity index (χ3n) is 5.84. The number of ether oxygens (including phenoxy) is 1. The summed E-state index contributed by atoms with van der Waals surface area (Å²) in [5.74, 6) is 2.80. The largest absolute Gasteiger partial charge is 0.484 e. The van der Waals surface area contributed by atoms with Crippen molar-refractivity contribution in [2.45, 2.75) is 64.1 Å². The fourth-order valence-electron chi connectivity index (χ4n) is 4.29. The number of methoxy groups -OCH3 is 1. The summed E-state index contributed by atoms with van der Waals surface area (Å²) in [6, 6.07) is -0.0868. The second-order valence-electron chi connectivity index (χ2n) is 7.51. The summed E-state index contributed by atoms with van der Waals surface area (Å²) in [7, 11) is 1.66. The topological polar surface area (TPSA) is 62.7 Å². The van der Waals surface area contributed by atoms with E-state index in [0.29, 0.717) is 5.92 Å². The second-order valence-corrected chi connectivity index (χ2v) is 7.51. The minimum absolute atomic E-state index is 0.0868. The lowest BCUT2D eigenvalue weighted by Crippen LogP contribution is -2.53. The number of carbonyl (C=O) groups excluding carboxylic acids is 1. The lowest BCUT2D eigenvalue weighted by atomic mass is 9.77. The first-order chi connectivity index (χ1) is 10.5. The van der Waals surface area contributed by atoms with E-state index in [1.54, 1.807) is 7.11 Å². The molecule has 0 bridgehead atoms. The Morgan fingerprint density at radius 1 is 1.27 bits per heavy atom. The molecule has 22 heavy (non-hydrogen) atoms. The van der Waals surface area contributed by atoms with Gasteiger partial charge in [0.05, 0.1) is 18.8 Å². The highest BCUT2D eigenvalue weighted by atomic mass is 16.5. The Kier molecular flexibility index (Phi) is 4.44. The average molecular weight is 307 g/mol. The van der Waals surface area contributed by atoms with Gasteiger partial charge in [-0.15, -0.1) is 0 Å². The summed E-state index contributed by atoms with van der Waals surface area (Å²) in [5, 5.41) is 6.94. The quantitative estimate of drug-likeness (QED) is 0.821. The van der Waals surface area contributed by atoms with Crippen LogP contribution in [0.5, 0.6) is 0 Å². The van der Waals surface area contributed by atoms with E-state index in [-0.39, 0.29) is 17.6 Å². The third-order valence-corrected chi connectivity index (χ3v) is 5.84. The summed E-state index contributed by atoms with van der Waals surface area (Å²) in [6.45, 7) is 5.38. The molecule has 5 nitrogen and oxygen atoms in total. The Balaban J connectivity index is 1.63. The van der Waals surface area contributed by atoms with Gasteiger partial charge in [-0.3, -0.25) is 15.1 Å². The molecule has 1 aliphatic carbocycles. The fraction of sp³-hybridized carbons (Fsp3) is 0.882. The molecule has 2 atom stereocenters. The monoisotopic (exact) mass is 307 g/mol. The van der Waals surface area contributed by atoms with Crippen molar-refractivity contribution >= 4 is 11.8 Å². The highest BCUT2D eigenvalue weighted by Gasteiger charge is 2.48. The summed E-state index contributed by atoms with van der Waals surface area (Å²) < 4.78 is 5.28. The van der Waals surface area contributed by atoms with Crippen molar-refractivity contribution in [2.75, 3.05) is 13.7 Å². The van der Waals surface area contributed by atoms with E-state index >= 15 is 0 Å². The Morgan fingerprint density at radius 3 is 2.64 bits per heavy atom. The predicted molar refractivity (Wildman–Crippen MR) is 86.6 cm³/mol. The highest BCUT2D eigenvalue weighted by molar-refractivity contribution is 5.86. The van der Waals surface area contributed by atoms with Gasteiger partial charge in [-0.25, -0.2) is 0 Å². The van der Waals surface area contributed by atoms with Gasteiger partial charge in [-0.2, -0.15) is 0 Å². The molecule has 2 heterocycles. The van der Waals surface area contributed by atoms with Crippen molar-refractivity contribution in [3.05, 3.63) is 0 Å². The fourth-order valence-corrected chi connectivity index (χ4v) is 4.29. The molecule has 2 N–H and O–H groups in total. The van der Waals surface area contributed by atoms with Crippen molar-refractivity contribution in [1.29, 1.82) is 0 Å². The number of nitrogens with zero attached hydrogens (tertiary/aromatic N) is 1. The number of rotatable bonds is 2. The van der Waals surface area contributed by atoms with Crippen LogP contribution in [0, 0.1) is 17.8 Å². The Hall–Kier alpha value is -1.10. The van der Waals surface area contributed by atoms with Gasteiger partial charge in [0, 0.05) is 13.0 Å². The SMILES string of the molecule is COC1=NCCC(C2NC3(CCC(C(C)C)CC3)NC2=O)C1. The van der Waals surface area contributed by atoms with Gasteiger partial charge in [0.1, 0.15) is 0 Å². The van der Waals surface area contributed by atoms with E-state index in [2.05, 4.69) is 29.5 Å². The Morgan fingerprint density at radius 2 is 2.00 bits per heavy atom. The molecule has 1 saturated heterocycles. The molecule has 2 unspecified atom stereocenters. The number of hydrogen-bond donors (Lipinski definition) is 2. The van der Waals surface area contributed by atoms with E-state index < -0.39 is 0 Å². The van der Waals surface area contributed by atoms with E-state index in [1.165, 1.54) is 12.8 Å². The van der Waals surface area contributed by atoms with Crippen LogP contribution >= 0.6 is 0 Å². The van der Waals surface area contributed by atoms with Crippen LogP contribution in [0.3, 0.4) is 0 Å². The van der Waals surface area contributed by atoms with Crippen LogP contribution in [-0.2, 0) is 9.53 Å². The molecule has 1 saturated carbocycles. The van der Waals surface area contributed by atoms with Gasteiger partial charge in [0.25, 0.3) is 0 Å². The van der Waals surface area contributed by atoms with Crippen LogP contribution in [0.1, 0.15) is 52.4 Å². The first-order valence-electron chi connectivity index (χ1n) is 8.70. The number of hydrogen-bond acceptors (Lipinski definition) is 4. The molecule has 3 rings (SSSR count). The zero-order valence-electron chi connectivity index (χ0n) is 14.0. The molecule has 2 aliphatic heterocycles. The van der Waals surface area contributed by atoms with Crippen LogP contribution in [0.25, 0.3) is 0 Å². The van der Waals surface area contributed by atoms with Gasteiger partial charge in [0.15, 0.2) is 5.90 Å². The molecule has 2 fully saturated rings. The first kappa shape index (κ1) is 15.8. The van der Waals surface area contributed by atoms with E-state index in [9.17, 15) is 4.79 Å². The standard InChI is InChI=1S/C17H29N3O2/c1-11(2)12-4-7-17(8-5-12)19-15(16(21)20-17)13-6-9-18-14(10-13)22-3/h11-13,15,19H,4-10H2,1-3H3,(H,20,21). The molecule has 5 heteroatoms. The first-order valence-corrected chi connectivity index (χ1v) is 8.70. The average Bonchev–Trinajstić information content (AvgIpc) is 2.84. The maximum absolute atomic E-state index is 12.5. The van der Waals surface area contributed by atoms with Crippen LogP contribution in [0.2, 0.25) is 0 Å². The van der Waals surface area contributed by atoms with Gasteiger partial charge in [0.2, 0.25) is 5.91 Å². The summed E-state index contributed by atoms with van der Waals surface area (Å²) in [6.07, 6.45) is 6.24. The minimum atomic E-state index is -0.158. The van der Waals surface area contributed by atoms with Crippen molar-refractivity contribution in [3.8, 4) is 0 Å². The van der Waals surface area contributed by atoms with Gasteiger partial charge >= 0.3 is 0 Å². The van der Waals surface area contributed by atoms with Crippen LogP contribution < -0.4 is 10.6 Å². The maximum Gasteiger partial charge on any atom is 0.238 e. The molecule has 0 aromatic heterocycles. The van der Waals surface area contributed by atoms with Crippen molar-refractivity contribution < 1.29 is 9.53 Å². The number of nitrogens with one attached hydrogen (secondary N) is 2. The van der Waals surface area contributed by atoms with Crippen LogP contribution in [0.15, 0.2) is 4.99 Å². The van der Waals surface area contributed by atoms with Crippen molar-refractivity contribution in [1.82, 2.24) is 10.6 Å². The molecule has 0 aromatic carbocycles. The summed E-state index contributed by atoms with van der Waals surface area (Å²) >= 11 is 0. The lowest BCUT2D eigenvalue weighted by molar-refractivity contribution is -0.122. The zero-order valence-corrected chi connectivity index (χ0v) is 14.0. The smallest absolute Gasteiger partial charge is 0.238 e. The number of aliphatic imine (C=N–C) groups is 1. The van der Waals surface area contributed by atoms with Crippen LogP contribution in [-0.4, -0.2) is 37.2 Å². The van der Waals surface area contributed by atoms with Crippen molar-refractivity contribution in [3.63, 3.8) is 0 Å². The van der Waals surface area contributed by atoms with Gasteiger partial charge in [-0.1, -0.05) is 13.8 Å². The highest BCUT2D eigenvalue weighted by Crippen LogP contribution is 2.38. The third kappa shape index (κ3) is 3.00. The summed E-state index contributed by atoms with van der Waals surface area (Å²) in [5.41, 5.74) is -0.158. The second kappa shape index (κ2) is 6.19. The predicted octanol–water partition coefficient (Wildman–Crippen LogP) is 2.07. The molecule has 1 amide bonds. The zero-order chi connectivity index (χ0) is 15.7.